The van der Waals surface area contributed by atoms with Crippen LogP contribution in [0.25, 0.3) is 0 Å². The van der Waals surface area contributed by atoms with Crippen LogP contribution in [0.15, 0.2) is 24.3 Å². The average molecular weight is 229 g/mol. The number of carbonyl (C=O) groups excluding carboxylic acids is 1. The lowest BCUT2D eigenvalue weighted by atomic mass is 10.0. The quantitative estimate of drug-likeness (QED) is 0.636. The highest BCUT2D eigenvalue weighted by atomic mass is 79.9. The molecule has 1 unspecified atom stereocenters. The van der Waals surface area contributed by atoms with Crippen molar-refractivity contribution in [3.05, 3.63) is 29.8 Å². The van der Waals surface area contributed by atoms with Crippen molar-refractivity contribution in [3.63, 3.8) is 0 Å². The van der Waals surface area contributed by atoms with Gasteiger partial charge in [-0.25, -0.2) is 0 Å². The predicted molar refractivity (Wildman–Crippen MR) is 50.7 cm³/mol. The molecule has 0 saturated heterocycles. The summed E-state index contributed by atoms with van der Waals surface area (Å²) in [4.78, 5) is 10.5. The van der Waals surface area contributed by atoms with Crippen molar-refractivity contribution >= 4 is 22.2 Å². The van der Waals surface area contributed by atoms with Gasteiger partial charge in [0.05, 0.1) is 5.92 Å². The molecule has 1 atom stereocenters. The van der Waals surface area contributed by atoms with E-state index in [4.69, 9.17) is 0 Å². The molecule has 0 spiro atoms. The monoisotopic (exact) mass is 228 g/mol. The number of hydrogen-bond donors (Lipinski definition) is 1. The van der Waals surface area contributed by atoms with Crippen LogP contribution in [0, 0.1) is 0 Å². The van der Waals surface area contributed by atoms with Gasteiger partial charge in [-0.2, -0.15) is 0 Å². The molecule has 3 heteroatoms. The van der Waals surface area contributed by atoms with E-state index in [2.05, 4.69) is 15.9 Å². The van der Waals surface area contributed by atoms with E-state index < -0.39 is 0 Å². The second kappa shape index (κ2) is 4.26. The van der Waals surface area contributed by atoms with Crippen LogP contribution in [-0.4, -0.2) is 16.7 Å². The first-order valence-electron chi connectivity index (χ1n) is 3.58. The number of phenolic OH excluding ortho intramolecular Hbond substituents is 1. The van der Waals surface area contributed by atoms with Crippen LogP contribution in [-0.2, 0) is 4.79 Å². The van der Waals surface area contributed by atoms with Gasteiger partial charge >= 0.3 is 0 Å². The molecule has 0 saturated carbocycles. The van der Waals surface area contributed by atoms with Crippen molar-refractivity contribution in [3.8, 4) is 5.75 Å². The third kappa shape index (κ3) is 1.85. The van der Waals surface area contributed by atoms with Crippen LogP contribution < -0.4 is 0 Å². The minimum atomic E-state index is -0.258. The average Bonchev–Trinajstić information content (AvgIpc) is 2.10. The Hall–Kier alpha value is -0.830. The summed E-state index contributed by atoms with van der Waals surface area (Å²) >= 11 is 3.20. The van der Waals surface area contributed by atoms with Crippen LogP contribution in [0.3, 0.4) is 0 Å². The van der Waals surface area contributed by atoms with Gasteiger partial charge in [0.1, 0.15) is 12.0 Å². The van der Waals surface area contributed by atoms with Gasteiger partial charge in [0.15, 0.2) is 0 Å². The van der Waals surface area contributed by atoms with Crippen LogP contribution >= 0.6 is 15.9 Å². The van der Waals surface area contributed by atoms with E-state index in [9.17, 15) is 9.90 Å². The molecule has 0 fully saturated rings. The number of phenols is 1. The van der Waals surface area contributed by atoms with E-state index in [1.165, 1.54) is 0 Å². The summed E-state index contributed by atoms with van der Waals surface area (Å²) in [7, 11) is 0. The van der Waals surface area contributed by atoms with Gasteiger partial charge in [-0.1, -0.05) is 34.1 Å². The summed E-state index contributed by atoms with van der Waals surface area (Å²) in [5, 5.41) is 9.90. The van der Waals surface area contributed by atoms with Crippen LogP contribution in [0.2, 0.25) is 0 Å². The summed E-state index contributed by atoms with van der Waals surface area (Å²) in [5.74, 6) is -0.0831. The lowest BCUT2D eigenvalue weighted by molar-refractivity contribution is -0.108. The highest BCUT2D eigenvalue weighted by Gasteiger charge is 2.11. The van der Waals surface area contributed by atoms with E-state index in [1.807, 2.05) is 0 Å². The van der Waals surface area contributed by atoms with Gasteiger partial charge < -0.3 is 9.90 Å². The molecular weight excluding hydrogens is 220 g/mol. The summed E-state index contributed by atoms with van der Waals surface area (Å²) in [6, 6.07) is 6.85. The van der Waals surface area contributed by atoms with E-state index in [-0.39, 0.29) is 11.7 Å². The number of carbonyl (C=O) groups is 1. The number of halogens is 1. The Balaban J connectivity index is 3.00. The molecule has 0 heterocycles. The Bertz CT molecular complexity index is 273. The lowest BCUT2D eigenvalue weighted by Crippen LogP contribution is -2.01. The molecule has 0 aromatic heterocycles. The van der Waals surface area contributed by atoms with Crippen molar-refractivity contribution in [2.75, 3.05) is 5.33 Å². The van der Waals surface area contributed by atoms with E-state index >= 15 is 0 Å². The molecule has 64 valence electrons. The van der Waals surface area contributed by atoms with Crippen molar-refractivity contribution in [2.45, 2.75) is 5.92 Å². The topological polar surface area (TPSA) is 37.3 Å². The Morgan fingerprint density at radius 3 is 2.67 bits per heavy atom. The second-order valence-corrected chi connectivity index (χ2v) is 3.10. The molecule has 1 rings (SSSR count). The lowest BCUT2D eigenvalue weighted by Gasteiger charge is -2.07. The third-order valence-corrected chi connectivity index (χ3v) is 2.36. The van der Waals surface area contributed by atoms with E-state index in [0.717, 1.165) is 6.29 Å². The number of para-hydroxylation sites is 1. The zero-order valence-corrected chi connectivity index (χ0v) is 7.99. The van der Waals surface area contributed by atoms with Gasteiger partial charge in [0.25, 0.3) is 0 Å². The molecule has 0 aliphatic rings. The number of aldehydes is 1. The number of alkyl halides is 1. The molecule has 0 bridgehead atoms. The van der Waals surface area contributed by atoms with Crippen molar-refractivity contribution in [2.24, 2.45) is 0 Å². The van der Waals surface area contributed by atoms with Gasteiger partial charge in [0, 0.05) is 10.9 Å². The maximum atomic E-state index is 10.5. The second-order valence-electron chi connectivity index (χ2n) is 2.46. The van der Waals surface area contributed by atoms with Gasteiger partial charge in [-0.05, 0) is 6.07 Å². The number of rotatable bonds is 3. The number of aromatic hydroxyl groups is 1. The maximum absolute atomic E-state index is 10.5. The van der Waals surface area contributed by atoms with Crippen LogP contribution in [0.5, 0.6) is 5.75 Å². The third-order valence-electron chi connectivity index (χ3n) is 1.67. The molecular formula is C9H9BrO2. The standard InChI is InChI=1S/C9H9BrO2/c10-5-7(6-11)8-3-1-2-4-9(8)12/h1-4,6-7,12H,5H2. The fraction of sp³-hybridized carbons (Fsp3) is 0.222. The van der Waals surface area contributed by atoms with Crippen molar-refractivity contribution in [1.82, 2.24) is 0 Å². The number of hydrogen-bond acceptors (Lipinski definition) is 2. The fourth-order valence-electron chi connectivity index (χ4n) is 0.994. The zero-order chi connectivity index (χ0) is 8.97. The first kappa shape index (κ1) is 9.26. The molecule has 1 N–H and O–H groups in total. The molecule has 0 radical (unpaired) electrons. The Labute approximate surface area is 79.3 Å². The predicted octanol–water partition coefficient (Wildman–Crippen LogP) is 2.07. The largest absolute Gasteiger partial charge is 0.508 e. The Morgan fingerprint density at radius 1 is 1.50 bits per heavy atom. The zero-order valence-electron chi connectivity index (χ0n) is 6.40. The fourth-order valence-corrected chi connectivity index (χ4v) is 1.50. The summed E-state index contributed by atoms with van der Waals surface area (Å²) < 4.78 is 0. The summed E-state index contributed by atoms with van der Waals surface area (Å²) in [6.07, 6.45) is 0.823. The molecule has 0 amide bonds. The highest BCUT2D eigenvalue weighted by molar-refractivity contribution is 9.09. The molecule has 2 nitrogen and oxygen atoms in total. The Kier molecular flexibility index (Phi) is 3.29. The summed E-state index contributed by atoms with van der Waals surface area (Å²) in [6.45, 7) is 0. The Morgan fingerprint density at radius 2 is 2.17 bits per heavy atom. The maximum Gasteiger partial charge on any atom is 0.128 e. The van der Waals surface area contributed by atoms with Crippen molar-refractivity contribution in [1.29, 1.82) is 0 Å². The minimum Gasteiger partial charge on any atom is -0.508 e. The normalized spacial score (nSPS) is 12.4. The van der Waals surface area contributed by atoms with Crippen LogP contribution in [0.1, 0.15) is 11.5 Å². The molecule has 1 aromatic carbocycles. The molecule has 0 aliphatic heterocycles. The smallest absolute Gasteiger partial charge is 0.128 e. The van der Waals surface area contributed by atoms with Gasteiger partial charge in [-0.15, -0.1) is 0 Å². The van der Waals surface area contributed by atoms with Gasteiger partial charge in [-0.3, -0.25) is 0 Å². The molecule has 0 aliphatic carbocycles. The van der Waals surface area contributed by atoms with E-state index in [0.29, 0.717) is 10.9 Å². The van der Waals surface area contributed by atoms with Crippen molar-refractivity contribution < 1.29 is 9.90 Å². The van der Waals surface area contributed by atoms with Gasteiger partial charge in [0.2, 0.25) is 0 Å². The highest BCUT2D eigenvalue weighted by Crippen LogP contribution is 2.24. The first-order valence-corrected chi connectivity index (χ1v) is 4.71. The minimum absolute atomic E-state index is 0.175. The molecule has 1 aromatic rings. The first-order chi connectivity index (χ1) is 5.79. The SMILES string of the molecule is O=CC(CBr)c1ccccc1O. The van der Waals surface area contributed by atoms with Crippen LogP contribution in [0.4, 0.5) is 0 Å². The number of benzene rings is 1. The van der Waals surface area contributed by atoms with E-state index in [1.54, 1.807) is 24.3 Å². The molecule has 12 heavy (non-hydrogen) atoms. The summed E-state index contributed by atoms with van der Waals surface area (Å²) in [5.41, 5.74) is 0.671.